The minimum absolute atomic E-state index is 0.114. The number of aromatic nitrogens is 3. The van der Waals surface area contributed by atoms with E-state index in [2.05, 4.69) is 10.4 Å². The normalized spacial score (nSPS) is 14.9. The van der Waals surface area contributed by atoms with Gasteiger partial charge in [0.1, 0.15) is 34.1 Å². The van der Waals surface area contributed by atoms with Gasteiger partial charge in [-0.3, -0.25) is 9.59 Å². The number of aliphatic hydroxyl groups is 1. The number of hydrogen-bond acceptors (Lipinski definition) is 7. The van der Waals surface area contributed by atoms with E-state index in [0.717, 1.165) is 19.0 Å². The minimum atomic E-state index is -2.87. The van der Waals surface area contributed by atoms with Crippen LogP contribution in [0.25, 0.3) is 22.2 Å². The van der Waals surface area contributed by atoms with E-state index in [9.17, 15) is 27.9 Å². The van der Waals surface area contributed by atoms with Crippen molar-refractivity contribution >= 4 is 22.7 Å². The van der Waals surface area contributed by atoms with Crippen molar-refractivity contribution in [3.8, 4) is 22.8 Å². The van der Waals surface area contributed by atoms with Crippen molar-refractivity contribution in [3.05, 3.63) is 71.3 Å². The Morgan fingerprint density at radius 3 is 2.51 bits per heavy atom. The quantitative estimate of drug-likeness (QED) is 0.204. The number of alkyl halides is 2. The van der Waals surface area contributed by atoms with Gasteiger partial charge < -0.3 is 25.6 Å². The fourth-order valence-corrected chi connectivity index (χ4v) is 5.91. The summed E-state index contributed by atoms with van der Waals surface area (Å²) in [7, 11) is 1.34. The zero-order valence-corrected chi connectivity index (χ0v) is 24.9. The molecule has 238 valence electrons. The average molecular weight is 626 g/mol. The Bertz CT molecular complexity index is 1710. The molecule has 1 saturated carbocycles. The second-order valence-electron chi connectivity index (χ2n) is 11.0. The van der Waals surface area contributed by atoms with Crippen LogP contribution in [0.1, 0.15) is 60.8 Å². The van der Waals surface area contributed by atoms with Gasteiger partial charge >= 0.3 is 6.55 Å². The van der Waals surface area contributed by atoms with Crippen molar-refractivity contribution < 1.29 is 37.3 Å². The summed E-state index contributed by atoms with van der Waals surface area (Å²) < 4.78 is 52.1. The van der Waals surface area contributed by atoms with Crippen LogP contribution < -0.4 is 20.5 Å². The van der Waals surface area contributed by atoms with Crippen LogP contribution in [0, 0.1) is 11.7 Å². The van der Waals surface area contributed by atoms with Gasteiger partial charge in [0.25, 0.3) is 5.91 Å². The molecule has 45 heavy (non-hydrogen) atoms. The zero-order chi connectivity index (χ0) is 32.3. The van der Waals surface area contributed by atoms with E-state index in [1.165, 1.54) is 43.5 Å². The number of benzene rings is 2. The van der Waals surface area contributed by atoms with E-state index < -0.39 is 29.8 Å². The van der Waals surface area contributed by atoms with Gasteiger partial charge in [-0.15, -0.1) is 0 Å². The summed E-state index contributed by atoms with van der Waals surface area (Å²) in [6, 6.07) is 9.96. The highest BCUT2D eigenvalue weighted by molar-refractivity contribution is 5.99. The van der Waals surface area contributed by atoms with Crippen molar-refractivity contribution in [2.45, 2.75) is 51.2 Å². The number of methoxy groups -OCH3 is 1. The topological polar surface area (TPSA) is 142 Å². The van der Waals surface area contributed by atoms with Gasteiger partial charge in [-0.25, -0.2) is 14.1 Å². The molecular formula is C32H34F3N5O5. The third kappa shape index (κ3) is 6.58. The molecule has 1 atom stereocenters. The molecule has 0 unspecified atom stereocenters. The van der Waals surface area contributed by atoms with E-state index in [-0.39, 0.29) is 59.1 Å². The molecule has 1 aliphatic carbocycles. The Morgan fingerprint density at radius 2 is 1.89 bits per heavy atom. The number of amides is 2. The lowest BCUT2D eigenvalue weighted by Gasteiger charge is -2.35. The summed E-state index contributed by atoms with van der Waals surface area (Å²) in [5.41, 5.74) is 5.55. The summed E-state index contributed by atoms with van der Waals surface area (Å²) in [5.74, 6) is -1.54. The monoisotopic (exact) mass is 625 g/mol. The van der Waals surface area contributed by atoms with Gasteiger partial charge in [0, 0.05) is 28.3 Å². The smallest absolute Gasteiger partial charge is 0.333 e. The number of fused-ring (bicyclic) bond motifs is 1. The van der Waals surface area contributed by atoms with Gasteiger partial charge in [0.2, 0.25) is 5.91 Å². The number of carbonyl (C=O) groups excluding carboxylic acids is 2. The number of nitrogens with zero attached hydrogens (tertiary/aromatic N) is 3. The van der Waals surface area contributed by atoms with E-state index in [1.807, 2.05) is 0 Å². The van der Waals surface area contributed by atoms with Crippen molar-refractivity contribution in [1.82, 2.24) is 20.1 Å². The number of ether oxygens (including phenoxy) is 2. The third-order valence-corrected chi connectivity index (χ3v) is 8.09. The van der Waals surface area contributed by atoms with Gasteiger partial charge in [0.05, 0.1) is 32.4 Å². The molecule has 0 radical (unpaired) electrons. The number of pyridine rings is 1. The standard InChI is InChI=1S/C32H34F3N5O5/c1-3-45-29-19(15-26(36)41)14-25(38-28(29)18-8-10-23(33)11-9-18)32(43,22-6-4-5-7-22)17-37-30(42)20-12-21-16-40(31(34)35)39-27(21)24(13-20)44-2/h8-14,16,22,31,43H,3-7,15,17H2,1-2H3,(H2,36,41)(H,37,42)/t32-/m1/s1. The van der Waals surface area contributed by atoms with Crippen molar-refractivity contribution in [2.75, 3.05) is 20.3 Å². The lowest BCUT2D eigenvalue weighted by molar-refractivity contribution is -0.117. The molecule has 2 amide bonds. The molecule has 0 aliphatic heterocycles. The molecule has 4 aromatic rings. The third-order valence-electron chi connectivity index (χ3n) is 8.09. The Morgan fingerprint density at radius 1 is 1.18 bits per heavy atom. The van der Waals surface area contributed by atoms with Crippen LogP contribution in [0.15, 0.2) is 48.7 Å². The van der Waals surface area contributed by atoms with Gasteiger partial charge in [0.15, 0.2) is 0 Å². The number of primary amides is 1. The Balaban J connectivity index is 1.56. The van der Waals surface area contributed by atoms with Gasteiger partial charge in [-0.05, 0) is 68.1 Å². The fraction of sp³-hybridized carbons (Fsp3) is 0.375. The van der Waals surface area contributed by atoms with Crippen LogP contribution in [-0.4, -0.2) is 51.9 Å². The van der Waals surface area contributed by atoms with Crippen LogP contribution in [0.3, 0.4) is 0 Å². The SMILES string of the molecule is CCOc1c(CC(N)=O)cc([C@@](O)(CNC(=O)c2cc(OC)c3nn(C(F)F)cc3c2)C2CCCC2)nc1-c1ccc(F)cc1. The molecule has 0 bridgehead atoms. The molecule has 2 aromatic carbocycles. The van der Waals surface area contributed by atoms with Crippen LogP contribution in [0.5, 0.6) is 11.5 Å². The van der Waals surface area contributed by atoms with Crippen molar-refractivity contribution in [1.29, 1.82) is 0 Å². The number of carbonyl (C=O) groups is 2. The molecular weight excluding hydrogens is 591 g/mol. The molecule has 13 heteroatoms. The summed E-state index contributed by atoms with van der Waals surface area (Å²) in [5, 5.41) is 19.3. The molecule has 1 aliphatic rings. The molecule has 10 nitrogen and oxygen atoms in total. The predicted molar refractivity (Wildman–Crippen MR) is 159 cm³/mol. The zero-order valence-electron chi connectivity index (χ0n) is 24.9. The highest BCUT2D eigenvalue weighted by Crippen LogP contribution is 2.43. The van der Waals surface area contributed by atoms with E-state index >= 15 is 0 Å². The van der Waals surface area contributed by atoms with E-state index in [4.69, 9.17) is 20.2 Å². The lowest BCUT2D eigenvalue weighted by Crippen LogP contribution is -2.46. The number of halogens is 3. The molecule has 2 heterocycles. The van der Waals surface area contributed by atoms with Crippen molar-refractivity contribution in [2.24, 2.45) is 11.7 Å². The summed E-state index contributed by atoms with van der Waals surface area (Å²) in [6.07, 6.45) is 3.95. The fourth-order valence-electron chi connectivity index (χ4n) is 5.91. The Kier molecular flexibility index (Phi) is 9.28. The molecule has 1 fully saturated rings. The second-order valence-corrected chi connectivity index (χ2v) is 11.0. The maximum atomic E-state index is 13.8. The number of rotatable bonds is 12. The van der Waals surface area contributed by atoms with E-state index in [1.54, 1.807) is 13.0 Å². The molecule has 5 rings (SSSR count). The lowest BCUT2D eigenvalue weighted by atomic mass is 9.81. The summed E-state index contributed by atoms with van der Waals surface area (Å²) in [6.45, 7) is -1.12. The maximum absolute atomic E-state index is 13.8. The number of hydrogen-bond donors (Lipinski definition) is 3. The van der Waals surface area contributed by atoms with Crippen LogP contribution >= 0.6 is 0 Å². The highest BCUT2D eigenvalue weighted by Gasteiger charge is 2.42. The van der Waals surface area contributed by atoms with Gasteiger partial charge in [-0.2, -0.15) is 13.9 Å². The van der Waals surface area contributed by atoms with Crippen LogP contribution in [0.2, 0.25) is 0 Å². The summed E-state index contributed by atoms with van der Waals surface area (Å²) >= 11 is 0. The second kappa shape index (κ2) is 13.1. The summed E-state index contributed by atoms with van der Waals surface area (Å²) in [4.78, 5) is 30.4. The number of nitrogens with one attached hydrogen (secondary N) is 1. The van der Waals surface area contributed by atoms with Crippen LogP contribution in [0.4, 0.5) is 13.2 Å². The first-order chi connectivity index (χ1) is 21.5. The first kappa shape index (κ1) is 31.8. The highest BCUT2D eigenvalue weighted by atomic mass is 19.3. The maximum Gasteiger partial charge on any atom is 0.333 e. The predicted octanol–water partition coefficient (Wildman–Crippen LogP) is 4.88. The van der Waals surface area contributed by atoms with Gasteiger partial charge in [-0.1, -0.05) is 12.8 Å². The largest absolute Gasteiger partial charge is 0.494 e. The Hall–Kier alpha value is -4.65. The first-order valence-corrected chi connectivity index (χ1v) is 14.6. The number of nitrogens with two attached hydrogens (primary N) is 1. The van der Waals surface area contributed by atoms with E-state index in [0.29, 0.717) is 34.3 Å². The molecule has 0 spiro atoms. The molecule has 2 aromatic heterocycles. The Labute approximate surface area is 257 Å². The van der Waals surface area contributed by atoms with Crippen LogP contribution in [-0.2, 0) is 16.8 Å². The molecule has 4 N–H and O–H groups in total. The molecule has 0 saturated heterocycles. The minimum Gasteiger partial charge on any atom is -0.494 e. The average Bonchev–Trinajstić information content (AvgIpc) is 3.71. The first-order valence-electron chi connectivity index (χ1n) is 14.6. The van der Waals surface area contributed by atoms with Crippen molar-refractivity contribution in [3.63, 3.8) is 0 Å².